The SMILES string of the molecule is O=c1[nH]c(=O)n(-n2cnc3c(=O)nc[nH]c32)cc1F. The Bertz CT molecular complexity index is 949. The maximum absolute atomic E-state index is 13.2. The first-order chi connectivity index (χ1) is 9.08. The van der Waals surface area contributed by atoms with E-state index in [4.69, 9.17) is 0 Å². The van der Waals surface area contributed by atoms with Crippen LogP contribution in [0.5, 0.6) is 0 Å². The quantitative estimate of drug-likeness (QED) is 0.550. The maximum atomic E-state index is 13.2. The fourth-order valence-electron chi connectivity index (χ4n) is 1.61. The summed E-state index contributed by atoms with van der Waals surface area (Å²) in [6.07, 6.45) is 2.94. The molecule has 96 valence electrons. The average molecular weight is 264 g/mol. The lowest BCUT2D eigenvalue weighted by Gasteiger charge is -2.05. The molecule has 0 fully saturated rings. The van der Waals surface area contributed by atoms with Crippen LogP contribution in [0.15, 0.2) is 33.2 Å². The first-order valence-corrected chi connectivity index (χ1v) is 5.01. The summed E-state index contributed by atoms with van der Waals surface area (Å²) < 4.78 is 15.1. The van der Waals surface area contributed by atoms with Crippen molar-refractivity contribution in [2.45, 2.75) is 0 Å². The molecule has 0 radical (unpaired) electrons. The number of fused-ring (bicyclic) bond motifs is 1. The Balaban J connectivity index is 2.41. The van der Waals surface area contributed by atoms with E-state index in [9.17, 15) is 18.8 Å². The summed E-state index contributed by atoms with van der Waals surface area (Å²) in [5.74, 6) is -1.14. The molecular weight excluding hydrogens is 259 g/mol. The molecule has 3 heterocycles. The first-order valence-electron chi connectivity index (χ1n) is 5.01. The molecule has 0 aliphatic heterocycles. The van der Waals surface area contributed by atoms with E-state index in [1.165, 1.54) is 0 Å². The van der Waals surface area contributed by atoms with Crippen LogP contribution < -0.4 is 16.8 Å². The molecular formula is C9H5FN6O3. The number of hydrogen-bond acceptors (Lipinski definition) is 5. The second kappa shape index (κ2) is 3.73. The van der Waals surface area contributed by atoms with Crippen LogP contribution >= 0.6 is 0 Å². The van der Waals surface area contributed by atoms with Crippen LogP contribution in [0.3, 0.4) is 0 Å². The van der Waals surface area contributed by atoms with E-state index >= 15 is 0 Å². The van der Waals surface area contributed by atoms with Crippen LogP contribution in [-0.2, 0) is 0 Å². The Kier molecular flexibility index (Phi) is 2.17. The highest BCUT2D eigenvalue weighted by Gasteiger charge is 2.11. The van der Waals surface area contributed by atoms with Crippen molar-refractivity contribution in [1.82, 2.24) is 29.3 Å². The smallest absolute Gasteiger partial charge is 0.329 e. The van der Waals surface area contributed by atoms with E-state index < -0.39 is 22.6 Å². The monoisotopic (exact) mass is 264 g/mol. The third-order valence-electron chi connectivity index (χ3n) is 2.45. The minimum Gasteiger partial charge on any atom is -0.329 e. The molecule has 3 aromatic heterocycles. The van der Waals surface area contributed by atoms with Crippen LogP contribution in [-0.4, -0.2) is 29.3 Å². The Morgan fingerprint density at radius 3 is 2.74 bits per heavy atom. The highest BCUT2D eigenvalue weighted by atomic mass is 19.1. The molecule has 0 spiro atoms. The average Bonchev–Trinajstić information content (AvgIpc) is 2.79. The molecule has 0 saturated heterocycles. The lowest BCUT2D eigenvalue weighted by atomic mass is 10.5. The molecule has 0 unspecified atom stereocenters. The molecule has 3 rings (SSSR count). The van der Waals surface area contributed by atoms with Crippen LogP contribution in [0.25, 0.3) is 11.2 Å². The predicted molar refractivity (Wildman–Crippen MR) is 60.2 cm³/mol. The zero-order valence-electron chi connectivity index (χ0n) is 9.12. The van der Waals surface area contributed by atoms with Crippen molar-refractivity contribution in [3.63, 3.8) is 0 Å². The number of nitrogens with one attached hydrogen (secondary N) is 2. The third kappa shape index (κ3) is 1.57. The van der Waals surface area contributed by atoms with Gasteiger partial charge in [0.05, 0.1) is 12.5 Å². The van der Waals surface area contributed by atoms with Gasteiger partial charge in [0.2, 0.25) is 5.82 Å². The van der Waals surface area contributed by atoms with Crippen LogP contribution in [0, 0.1) is 5.82 Å². The van der Waals surface area contributed by atoms with Gasteiger partial charge in [0.1, 0.15) is 6.33 Å². The zero-order chi connectivity index (χ0) is 13.6. The van der Waals surface area contributed by atoms with Crippen molar-refractivity contribution in [2.24, 2.45) is 0 Å². The van der Waals surface area contributed by atoms with Crippen LogP contribution in [0.1, 0.15) is 0 Å². The molecule has 0 aliphatic carbocycles. The van der Waals surface area contributed by atoms with E-state index in [1.54, 1.807) is 4.98 Å². The first kappa shape index (κ1) is 11.1. The number of halogens is 1. The summed E-state index contributed by atoms with van der Waals surface area (Å²) in [5.41, 5.74) is -2.45. The highest BCUT2D eigenvalue weighted by Crippen LogP contribution is 2.02. The summed E-state index contributed by atoms with van der Waals surface area (Å²) in [6, 6.07) is 0. The molecule has 0 aliphatic rings. The summed E-state index contributed by atoms with van der Waals surface area (Å²) in [7, 11) is 0. The van der Waals surface area contributed by atoms with Gasteiger partial charge in [0.25, 0.3) is 5.56 Å². The van der Waals surface area contributed by atoms with Crippen molar-refractivity contribution in [3.8, 4) is 0 Å². The van der Waals surface area contributed by atoms with Gasteiger partial charge in [0.15, 0.2) is 11.2 Å². The van der Waals surface area contributed by atoms with Gasteiger partial charge in [-0.2, -0.15) is 14.1 Å². The zero-order valence-corrected chi connectivity index (χ0v) is 9.12. The Morgan fingerprint density at radius 2 is 1.95 bits per heavy atom. The minimum atomic E-state index is -1.14. The van der Waals surface area contributed by atoms with E-state index in [-0.39, 0.29) is 11.2 Å². The van der Waals surface area contributed by atoms with Crippen molar-refractivity contribution in [1.29, 1.82) is 0 Å². The van der Waals surface area contributed by atoms with Gasteiger partial charge in [-0.25, -0.2) is 14.5 Å². The van der Waals surface area contributed by atoms with Gasteiger partial charge in [-0.3, -0.25) is 14.6 Å². The summed E-state index contributed by atoms with van der Waals surface area (Å²) in [6.45, 7) is 0. The molecule has 2 N–H and O–H groups in total. The molecule has 9 nitrogen and oxygen atoms in total. The predicted octanol–water partition coefficient (Wildman–Crippen LogP) is -1.58. The van der Waals surface area contributed by atoms with Gasteiger partial charge in [-0.15, -0.1) is 0 Å². The van der Waals surface area contributed by atoms with Gasteiger partial charge < -0.3 is 4.98 Å². The summed E-state index contributed by atoms with van der Waals surface area (Å²) in [5, 5.41) is 0. The lowest BCUT2D eigenvalue weighted by Crippen LogP contribution is -2.34. The van der Waals surface area contributed by atoms with Crippen LogP contribution in [0.4, 0.5) is 4.39 Å². The molecule has 0 aromatic carbocycles. The molecule has 3 aromatic rings. The van der Waals surface area contributed by atoms with E-state index in [0.717, 1.165) is 22.0 Å². The largest absolute Gasteiger partial charge is 0.347 e. The number of H-pyrrole nitrogens is 2. The number of aromatic nitrogens is 6. The number of hydrogen-bond donors (Lipinski definition) is 2. The molecule has 10 heteroatoms. The Labute approximate surface area is 102 Å². The number of aromatic amines is 2. The fraction of sp³-hybridized carbons (Fsp3) is 0. The third-order valence-corrected chi connectivity index (χ3v) is 2.45. The summed E-state index contributed by atoms with van der Waals surface area (Å²) in [4.78, 5) is 45.6. The normalized spacial score (nSPS) is 11.0. The second-order valence-electron chi connectivity index (χ2n) is 3.57. The molecule has 0 saturated carbocycles. The molecule has 19 heavy (non-hydrogen) atoms. The highest BCUT2D eigenvalue weighted by molar-refractivity contribution is 5.68. The van der Waals surface area contributed by atoms with Gasteiger partial charge in [0, 0.05) is 0 Å². The summed E-state index contributed by atoms with van der Waals surface area (Å²) >= 11 is 0. The molecule has 0 bridgehead atoms. The van der Waals surface area contributed by atoms with Crippen molar-refractivity contribution >= 4 is 11.2 Å². The standard InChI is InChI=1S/C9H5FN6O3/c10-4-1-15(9(19)14-7(4)17)16-3-13-5-6(16)11-2-12-8(5)18/h1-3H,(H,11,12,18)(H,14,17,19). The Morgan fingerprint density at radius 1 is 1.16 bits per heavy atom. The van der Waals surface area contributed by atoms with Crippen LogP contribution in [0.2, 0.25) is 0 Å². The minimum absolute atomic E-state index is 0.0130. The Hall–Kier alpha value is -3.04. The van der Waals surface area contributed by atoms with E-state index in [2.05, 4.69) is 15.0 Å². The van der Waals surface area contributed by atoms with E-state index in [1.807, 2.05) is 0 Å². The van der Waals surface area contributed by atoms with Gasteiger partial charge >= 0.3 is 11.2 Å². The second-order valence-corrected chi connectivity index (χ2v) is 3.57. The van der Waals surface area contributed by atoms with E-state index in [0.29, 0.717) is 6.20 Å². The van der Waals surface area contributed by atoms with Gasteiger partial charge in [-0.05, 0) is 0 Å². The van der Waals surface area contributed by atoms with Crippen molar-refractivity contribution in [3.05, 3.63) is 55.9 Å². The number of imidazole rings is 1. The fourth-order valence-corrected chi connectivity index (χ4v) is 1.61. The van der Waals surface area contributed by atoms with Gasteiger partial charge in [-0.1, -0.05) is 0 Å². The van der Waals surface area contributed by atoms with Crippen molar-refractivity contribution < 1.29 is 4.39 Å². The lowest BCUT2D eigenvalue weighted by molar-refractivity contribution is 0.537. The van der Waals surface area contributed by atoms with Crippen molar-refractivity contribution in [2.75, 3.05) is 0 Å². The molecule has 0 amide bonds. The maximum Gasteiger partial charge on any atom is 0.347 e. The number of rotatable bonds is 1. The molecule has 0 atom stereocenters. The number of nitrogens with zero attached hydrogens (tertiary/aromatic N) is 4. The topological polar surface area (TPSA) is 118 Å².